The number of aromatic nitrogens is 4. The van der Waals surface area contributed by atoms with E-state index in [4.69, 9.17) is 0 Å². The average Bonchev–Trinajstić information content (AvgIpc) is 3.27. The summed E-state index contributed by atoms with van der Waals surface area (Å²) in [7, 11) is 1.75. The number of hydrogen-bond donors (Lipinski definition) is 4. The van der Waals surface area contributed by atoms with Crippen LogP contribution in [0.2, 0.25) is 0 Å². The van der Waals surface area contributed by atoms with Gasteiger partial charge in [0.05, 0.1) is 6.20 Å². The molecule has 4 rings (SSSR count). The zero-order chi connectivity index (χ0) is 23.4. The number of aliphatic hydroxyl groups is 1. The zero-order valence-electron chi connectivity index (χ0n) is 19.0. The predicted molar refractivity (Wildman–Crippen MR) is 127 cm³/mol. The number of hydrogen-bond acceptors (Lipinski definition) is 7. The smallest absolute Gasteiger partial charge is 0.274 e. The molecule has 3 aromatic heterocycles. The minimum Gasteiger partial charge on any atom is -0.396 e. The Labute approximate surface area is 192 Å². The number of rotatable bonds is 8. The van der Waals surface area contributed by atoms with Crippen molar-refractivity contribution in [2.24, 2.45) is 5.92 Å². The zero-order valence-corrected chi connectivity index (χ0v) is 19.0. The van der Waals surface area contributed by atoms with E-state index >= 15 is 0 Å². The van der Waals surface area contributed by atoms with Gasteiger partial charge in [0.25, 0.3) is 11.5 Å². The SMILES string of the molecule is CNc1cc(Nc2cccn(C3CCCCC3)c2=O)nc2c(C(=O)NC[C@H](C)CO)cnn12. The molecular formula is C23H31N7O3. The molecule has 0 aromatic carbocycles. The lowest BCUT2D eigenvalue weighted by Crippen LogP contribution is -2.29. The van der Waals surface area contributed by atoms with Crippen LogP contribution in [-0.4, -0.2) is 50.4 Å². The van der Waals surface area contributed by atoms with E-state index in [1.165, 1.54) is 12.6 Å². The number of nitrogens with zero attached hydrogens (tertiary/aromatic N) is 4. The third-order valence-electron chi connectivity index (χ3n) is 6.10. The maximum absolute atomic E-state index is 13.1. The Hall–Kier alpha value is -3.40. The molecule has 10 heteroatoms. The van der Waals surface area contributed by atoms with Crippen molar-refractivity contribution < 1.29 is 9.90 Å². The highest BCUT2D eigenvalue weighted by atomic mass is 16.3. The van der Waals surface area contributed by atoms with Crippen LogP contribution in [0.15, 0.2) is 35.4 Å². The summed E-state index contributed by atoms with van der Waals surface area (Å²) in [5.74, 6) is 0.673. The lowest BCUT2D eigenvalue weighted by molar-refractivity contribution is 0.0943. The Bertz CT molecular complexity index is 1180. The van der Waals surface area contributed by atoms with Gasteiger partial charge in [0, 0.05) is 38.5 Å². The van der Waals surface area contributed by atoms with Crippen LogP contribution in [0, 0.1) is 5.92 Å². The first kappa shape index (κ1) is 22.8. The summed E-state index contributed by atoms with van der Waals surface area (Å²) in [6.07, 6.45) is 8.85. The lowest BCUT2D eigenvalue weighted by Gasteiger charge is -2.24. The van der Waals surface area contributed by atoms with Crippen molar-refractivity contribution in [1.29, 1.82) is 0 Å². The maximum Gasteiger partial charge on any atom is 0.274 e. The van der Waals surface area contributed by atoms with Crippen LogP contribution in [0.1, 0.15) is 55.4 Å². The Morgan fingerprint density at radius 1 is 1.30 bits per heavy atom. The van der Waals surface area contributed by atoms with E-state index in [2.05, 4.69) is 26.0 Å². The fraction of sp³-hybridized carbons (Fsp3) is 0.478. The lowest BCUT2D eigenvalue weighted by atomic mass is 9.95. The highest BCUT2D eigenvalue weighted by Crippen LogP contribution is 2.27. The van der Waals surface area contributed by atoms with E-state index in [-0.39, 0.29) is 30.0 Å². The largest absolute Gasteiger partial charge is 0.396 e. The topological polar surface area (TPSA) is 126 Å². The summed E-state index contributed by atoms with van der Waals surface area (Å²) >= 11 is 0. The summed E-state index contributed by atoms with van der Waals surface area (Å²) in [5, 5.41) is 22.5. The predicted octanol–water partition coefficient (Wildman–Crippen LogP) is 2.54. The second kappa shape index (κ2) is 10.0. The van der Waals surface area contributed by atoms with Crippen molar-refractivity contribution in [2.75, 3.05) is 30.8 Å². The molecule has 33 heavy (non-hydrogen) atoms. The van der Waals surface area contributed by atoms with Crippen molar-refractivity contribution in [3.8, 4) is 0 Å². The molecule has 3 aromatic rings. The van der Waals surface area contributed by atoms with E-state index in [9.17, 15) is 14.7 Å². The molecule has 0 unspecified atom stereocenters. The highest BCUT2D eigenvalue weighted by molar-refractivity contribution is 6.00. The molecule has 176 valence electrons. The Morgan fingerprint density at radius 3 is 2.82 bits per heavy atom. The van der Waals surface area contributed by atoms with Gasteiger partial charge < -0.3 is 25.6 Å². The molecule has 0 bridgehead atoms. The molecular weight excluding hydrogens is 422 g/mol. The van der Waals surface area contributed by atoms with Crippen molar-refractivity contribution in [3.05, 3.63) is 46.5 Å². The number of carbonyl (C=O) groups excluding carboxylic acids is 1. The van der Waals surface area contributed by atoms with Gasteiger partial charge >= 0.3 is 0 Å². The van der Waals surface area contributed by atoms with Crippen LogP contribution in [0.25, 0.3) is 5.65 Å². The quantitative estimate of drug-likeness (QED) is 0.413. The molecule has 0 spiro atoms. The first-order valence-corrected chi connectivity index (χ1v) is 11.5. The molecule has 1 fully saturated rings. The van der Waals surface area contributed by atoms with Gasteiger partial charge in [0.1, 0.15) is 22.9 Å². The minimum absolute atomic E-state index is 0.0132. The third-order valence-corrected chi connectivity index (χ3v) is 6.10. The van der Waals surface area contributed by atoms with E-state index in [0.29, 0.717) is 35.1 Å². The van der Waals surface area contributed by atoms with Gasteiger partial charge in [-0.15, -0.1) is 0 Å². The summed E-state index contributed by atoms with van der Waals surface area (Å²) < 4.78 is 3.36. The molecule has 0 aliphatic heterocycles. The van der Waals surface area contributed by atoms with Gasteiger partial charge in [-0.2, -0.15) is 9.61 Å². The molecule has 1 atom stereocenters. The van der Waals surface area contributed by atoms with Gasteiger partial charge in [-0.25, -0.2) is 4.98 Å². The minimum atomic E-state index is -0.323. The number of aliphatic hydroxyl groups excluding tert-OH is 1. The summed E-state index contributed by atoms with van der Waals surface area (Å²) in [5.41, 5.74) is 1.03. The fourth-order valence-corrected chi connectivity index (χ4v) is 4.18. The molecule has 0 radical (unpaired) electrons. The van der Waals surface area contributed by atoms with Crippen LogP contribution < -0.4 is 21.5 Å². The summed E-state index contributed by atoms with van der Waals surface area (Å²) in [4.78, 5) is 30.4. The molecule has 0 saturated heterocycles. The molecule has 1 aliphatic carbocycles. The van der Waals surface area contributed by atoms with Crippen molar-refractivity contribution >= 4 is 28.9 Å². The van der Waals surface area contributed by atoms with Crippen molar-refractivity contribution in [3.63, 3.8) is 0 Å². The second-order valence-electron chi connectivity index (χ2n) is 8.62. The van der Waals surface area contributed by atoms with E-state index in [1.807, 2.05) is 23.8 Å². The van der Waals surface area contributed by atoms with Gasteiger partial charge in [-0.05, 0) is 30.9 Å². The Kier molecular flexibility index (Phi) is 6.93. The monoisotopic (exact) mass is 453 g/mol. The molecule has 1 amide bonds. The van der Waals surface area contributed by atoms with Crippen LogP contribution in [0.5, 0.6) is 0 Å². The number of carbonyl (C=O) groups is 1. The third kappa shape index (κ3) is 4.85. The van der Waals surface area contributed by atoms with Crippen LogP contribution in [-0.2, 0) is 0 Å². The molecule has 10 nitrogen and oxygen atoms in total. The van der Waals surface area contributed by atoms with Gasteiger partial charge in [-0.1, -0.05) is 26.2 Å². The van der Waals surface area contributed by atoms with Gasteiger partial charge in [-0.3, -0.25) is 9.59 Å². The summed E-state index contributed by atoms with van der Waals surface area (Å²) in [6, 6.07) is 5.58. The average molecular weight is 454 g/mol. The Balaban J connectivity index is 1.65. The van der Waals surface area contributed by atoms with E-state index in [0.717, 1.165) is 25.7 Å². The van der Waals surface area contributed by atoms with Crippen LogP contribution in [0.4, 0.5) is 17.3 Å². The number of amides is 1. The second-order valence-corrected chi connectivity index (χ2v) is 8.62. The molecule has 3 heterocycles. The fourth-order valence-electron chi connectivity index (χ4n) is 4.18. The first-order chi connectivity index (χ1) is 16.0. The number of anilines is 3. The standard InChI is InChI=1S/C23H31N7O3/c1-15(14-31)12-25-22(32)17-13-26-30-20(24-2)11-19(28-21(17)30)27-18-9-6-10-29(23(18)33)16-7-4-3-5-8-16/h6,9-11,13,15-16,24,31H,3-5,7-8,12,14H2,1-2H3,(H,25,32)(H,27,28)/t15-/m0/s1. The Morgan fingerprint density at radius 2 is 2.09 bits per heavy atom. The number of pyridine rings is 1. The maximum atomic E-state index is 13.1. The van der Waals surface area contributed by atoms with Crippen molar-refractivity contribution in [1.82, 2.24) is 24.5 Å². The van der Waals surface area contributed by atoms with E-state index < -0.39 is 0 Å². The molecule has 1 aliphatic rings. The van der Waals surface area contributed by atoms with Gasteiger partial charge in [0.2, 0.25) is 0 Å². The van der Waals surface area contributed by atoms with Crippen molar-refractivity contribution in [2.45, 2.75) is 45.1 Å². The summed E-state index contributed by atoms with van der Waals surface area (Å²) in [6.45, 7) is 2.17. The molecule has 1 saturated carbocycles. The van der Waals surface area contributed by atoms with Gasteiger partial charge in [0.15, 0.2) is 5.65 Å². The molecule has 4 N–H and O–H groups in total. The van der Waals surface area contributed by atoms with Crippen LogP contribution in [0.3, 0.4) is 0 Å². The normalized spacial score (nSPS) is 15.4. The number of fused-ring (bicyclic) bond motifs is 1. The van der Waals surface area contributed by atoms with Crippen LogP contribution >= 0.6 is 0 Å². The van der Waals surface area contributed by atoms with E-state index in [1.54, 1.807) is 23.7 Å². The number of nitrogens with one attached hydrogen (secondary N) is 3. The highest BCUT2D eigenvalue weighted by Gasteiger charge is 2.20. The first-order valence-electron chi connectivity index (χ1n) is 11.5.